The van der Waals surface area contributed by atoms with E-state index in [9.17, 15) is 18.0 Å². The first-order valence-corrected chi connectivity index (χ1v) is 8.79. The number of hydrogen-bond acceptors (Lipinski definition) is 3. The van der Waals surface area contributed by atoms with Crippen LogP contribution >= 0.6 is 0 Å². The molecule has 9 heteroatoms. The Morgan fingerprint density at radius 3 is 2.71 bits per heavy atom. The molecule has 1 N–H and O–H groups in total. The maximum absolute atomic E-state index is 12.7. The Morgan fingerprint density at radius 1 is 1.21 bits per heavy atom. The average Bonchev–Trinajstić information content (AvgIpc) is 3.28. The van der Waals surface area contributed by atoms with Crippen molar-refractivity contribution in [2.45, 2.75) is 32.6 Å². The fourth-order valence-electron chi connectivity index (χ4n) is 2.80. The van der Waals surface area contributed by atoms with E-state index in [-0.39, 0.29) is 5.91 Å². The summed E-state index contributed by atoms with van der Waals surface area (Å²) in [6.07, 6.45) is -0.451. The topological polar surface area (TPSA) is 64.7 Å². The van der Waals surface area contributed by atoms with E-state index in [1.807, 2.05) is 18.3 Å². The van der Waals surface area contributed by atoms with Crippen molar-refractivity contribution in [3.63, 3.8) is 0 Å². The van der Waals surface area contributed by atoms with Crippen LogP contribution in [-0.4, -0.2) is 32.0 Å². The first kappa shape index (κ1) is 19.7. The monoisotopic (exact) mass is 391 g/mol. The minimum Gasteiger partial charge on any atom is -0.352 e. The Labute approximate surface area is 160 Å². The molecular formula is C19H20F3N5O. The van der Waals surface area contributed by atoms with Gasteiger partial charge in [-0.3, -0.25) is 14.2 Å². The first-order valence-electron chi connectivity index (χ1n) is 8.79. The van der Waals surface area contributed by atoms with Crippen molar-refractivity contribution in [2.75, 3.05) is 6.54 Å². The number of nitrogens with one attached hydrogen (secondary N) is 1. The van der Waals surface area contributed by atoms with Crippen LogP contribution in [0.15, 0.2) is 48.8 Å². The van der Waals surface area contributed by atoms with Crippen LogP contribution in [0.5, 0.6) is 0 Å². The van der Waals surface area contributed by atoms with Gasteiger partial charge in [-0.25, -0.2) is 0 Å². The second-order valence-corrected chi connectivity index (χ2v) is 6.41. The molecule has 0 aliphatic rings. The second kappa shape index (κ2) is 8.28. The number of benzene rings is 1. The van der Waals surface area contributed by atoms with Crippen LogP contribution in [0.25, 0.3) is 0 Å². The van der Waals surface area contributed by atoms with Gasteiger partial charge in [-0.05, 0) is 43.2 Å². The first-order chi connectivity index (χ1) is 13.3. The lowest BCUT2D eigenvalue weighted by molar-refractivity contribution is -0.141. The van der Waals surface area contributed by atoms with Crippen molar-refractivity contribution < 1.29 is 18.0 Å². The molecule has 0 atom stereocenters. The van der Waals surface area contributed by atoms with E-state index in [0.717, 1.165) is 11.6 Å². The average molecular weight is 391 g/mol. The largest absolute Gasteiger partial charge is 0.435 e. The molecule has 1 aromatic carbocycles. The maximum atomic E-state index is 12.7. The number of hydrogen-bond donors (Lipinski definition) is 1. The van der Waals surface area contributed by atoms with Gasteiger partial charge in [0.2, 0.25) is 0 Å². The van der Waals surface area contributed by atoms with Gasteiger partial charge in [-0.1, -0.05) is 12.1 Å². The van der Waals surface area contributed by atoms with Crippen LogP contribution < -0.4 is 5.32 Å². The van der Waals surface area contributed by atoms with Crippen molar-refractivity contribution in [3.05, 3.63) is 71.3 Å². The molecule has 2 heterocycles. The van der Waals surface area contributed by atoms with Crippen molar-refractivity contribution >= 4 is 5.91 Å². The van der Waals surface area contributed by atoms with Crippen LogP contribution in [0.3, 0.4) is 0 Å². The van der Waals surface area contributed by atoms with Crippen molar-refractivity contribution in [2.24, 2.45) is 0 Å². The van der Waals surface area contributed by atoms with Gasteiger partial charge >= 0.3 is 6.18 Å². The van der Waals surface area contributed by atoms with Crippen molar-refractivity contribution in [1.29, 1.82) is 0 Å². The number of aryl methyl sites for hydroxylation is 2. The van der Waals surface area contributed by atoms with E-state index in [0.29, 0.717) is 37.3 Å². The number of amides is 1. The van der Waals surface area contributed by atoms with Gasteiger partial charge in [0.25, 0.3) is 5.91 Å². The van der Waals surface area contributed by atoms with Gasteiger partial charge in [0.05, 0.1) is 6.54 Å². The molecule has 2 aromatic heterocycles. The summed E-state index contributed by atoms with van der Waals surface area (Å²) >= 11 is 0. The molecule has 0 aliphatic heterocycles. The summed E-state index contributed by atoms with van der Waals surface area (Å²) in [6.45, 7) is 2.77. The number of rotatable bonds is 7. The fourth-order valence-corrected chi connectivity index (χ4v) is 2.80. The molecule has 0 spiro atoms. The van der Waals surface area contributed by atoms with Crippen molar-refractivity contribution in [1.82, 2.24) is 24.9 Å². The molecule has 0 aliphatic carbocycles. The van der Waals surface area contributed by atoms with Crippen LogP contribution in [0.2, 0.25) is 0 Å². The quantitative estimate of drug-likeness (QED) is 0.629. The highest BCUT2D eigenvalue weighted by Crippen LogP contribution is 2.28. The summed E-state index contributed by atoms with van der Waals surface area (Å²) in [6, 6.07) is 10.1. The summed E-state index contributed by atoms with van der Waals surface area (Å²) in [5, 5.41) is 10.5. The van der Waals surface area contributed by atoms with E-state index < -0.39 is 11.9 Å². The molecule has 0 saturated carbocycles. The van der Waals surface area contributed by atoms with Crippen LogP contribution in [0, 0.1) is 6.92 Å². The molecule has 3 aromatic rings. The maximum Gasteiger partial charge on any atom is 0.435 e. The van der Waals surface area contributed by atoms with Crippen molar-refractivity contribution in [3.8, 4) is 0 Å². The fraction of sp³-hybridized carbons (Fsp3) is 0.316. The van der Waals surface area contributed by atoms with Gasteiger partial charge in [-0.15, -0.1) is 0 Å². The zero-order chi connectivity index (χ0) is 20.1. The Kier molecular flexibility index (Phi) is 5.81. The number of nitrogens with zero attached hydrogens (tertiary/aromatic N) is 4. The lowest BCUT2D eigenvalue weighted by Gasteiger charge is -2.08. The summed E-state index contributed by atoms with van der Waals surface area (Å²) < 4.78 is 41.1. The highest BCUT2D eigenvalue weighted by Gasteiger charge is 2.34. The number of aromatic nitrogens is 4. The minimum absolute atomic E-state index is 0.226. The van der Waals surface area contributed by atoms with Crippen LogP contribution in [-0.2, 0) is 19.3 Å². The standard InChI is InChI=1S/C19H20F3N5O/c1-14-11-17(19(20,21)22)25-27(14)10-3-7-23-18(28)16-6-2-5-15(12-16)13-26-9-4-8-24-26/h2,4-6,8-9,11-12H,3,7,10,13H2,1H3,(H,23,28). The Bertz CT molecular complexity index is 931. The molecule has 1 amide bonds. The zero-order valence-corrected chi connectivity index (χ0v) is 15.3. The Balaban J connectivity index is 1.50. The number of carbonyl (C=O) groups excluding carboxylic acids is 1. The molecule has 3 rings (SSSR count). The van der Waals surface area contributed by atoms with E-state index >= 15 is 0 Å². The highest BCUT2D eigenvalue weighted by atomic mass is 19.4. The Hall–Kier alpha value is -3.10. The predicted octanol–water partition coefficient (Wildman–Crippen LogP) is 3.28. The molecule has 0 fully saturated rings. The van der Waals surface area contributed by atoms with E-state index in [2.05, 4.69) is 15.5 Å². The molecule has 0 unspecified atom stereocenters. The lowest BCUT2D eigenvalue weighted by Crippen LogP contribution is -2.25. The normalized spacial score (nSPS) is 11.6. The van der Waals surface area contributed by atoms with Gasteiger partial charge < -0.3 is 5.32 Å². The number of alkyl halides is 3. The SMILES string of the molecule is Cc1cc(C(F)(F)F)nn1CCCNC(=O)c1cccc(Cn2cccn2)c1. The molecular weight excluding hydrogens is 371 g/mol. The van der Waals surface area contributed by atoms with E-state index in [1.165, 1.54) is 4.68 Å². The third-order valence-corrected chi connectivity index (χ3v) is 4.20. The van der Waals surface area contributed by atoms with E-state index in [1.54, 1.807) is 36.0 Å². The third kappa shape index (κ3) is 4.99. The summed E-state index contributed by atoms with van der Waals surface area (Å²) in [5.74, 6) is -0.226. The summed E-state index contributed by atoms with van der Waals surface area (Å²) in [5.41, 5.74) is 1.01. The molecule has 0 radical (unpaired) electrons. The third-order valence-electron chi connectivity index (χ3n) is 4.20. The van der Waals surface area contributed by atoms with Crippen LogP contribution in [0.1, 0.15) is 33.7 Å². The van der Waals surface area contributed by atoms with Gasteiger partial charge in [0.1, 0.15) is 0 Å². The van der Waals surface area contributed by atoms with Gasteiger partial charge in [-0.2, -0.15) is 23.4 Å². The second-order valence-electron chi connectivity index (χ2n) is 6.41. The smallest absolute Gasteiger partial charge is 0.352 e. The van der Waals surface area contributed by atoms with Gasteiger partial charge in [0.15, 0.2) is 5.69 Å². The molecule has 0 saturated heterocycles. The number of halogens is 3. The zero-order valence-electron chi connectivity index (χ0n) is 15.3. The molecule has 6 nitrogen and oxygen atoms in total. The predicted molar refractivity (Wildman–Crippen MR) is 96.7 cm³/mol. The van der Waals surface area contributed by atoms with E-state index in [4.69, 9.17) is 0 Å². The summed E-state index contributed by atoms with van der Waals surface area (Å²) in [4.78, 5) is 12.3. The molecule has 148 valence electrons. The summed E-state index contributed by atoms with van der Waals surface area (Å²) in [7, 11) is 0. The molecule has 0 bridgehead atoms. The minimum atomic E-state index is -4.45. The Morgan fingerprint density at radius 2 is 2.04 bits per heavy atom. The highest BCUT2D eigenvalue weighted by molar-refractivity contribution is 5.94. The molecule has 28 heavy (non-hydrogen) atoms. The van der Waals surface area contributed by atoms with Crippen LogP contribution in [0.4, 0.5) is 13.2 Å². The number of carbonyl (C=O) groups is 1. The van der Waals surface area contributed by atoms with Gasteiger partial charge in [0, 0.05) is 36.7 Å². The lowest BCUT2D eigenvalue weighted by atomic mass is 10.1.